The van der Waals surface area contributed by atoms with Crippen LogP contribution in [0.5, 0.6) is 0 Å². The number of hydrogen-bond acceptors (Lipinski definition) is 4. The van der Waals surface area contributed by atoms with Crippen LogP contribution in [0.25, 0.3) is 0 Å². The van der Waals surface area contributed by atoms with E-state index in [0.717, 1.165) is 12.1 Å². The summed E-state index contributed by atoms with van der Waals surface area (Å²) in [7, 11) is 1.78. The molecule has 2 N–H and O–H groups in total. The summed E-state index contributed by atoms with van der Waals surface area (Å²) < 4.78 is 13.0. The largest absolute Gasteiger partial charge is 0.326 e. The lowest BCUT2D eigenvalue weighted by atomic mass is 10.2. The van der Waals surface area contributed by atoms with Gasteiger partial charge in [0.05, 0.1) is 4.92 Å². The van der Waals surface area contributed by atoms with Crippen molar-refractivity contribution in [1.82, 2.24) is 5.32 Å². The lowest BCUT2D eigenvalue weighted by Gasteiger charge is -2.05. The van der Waals surface area contributed by atoms with Crippen molar-refractivity contribution < 1.29 is 14.1 Å². The van der Waals surface area contributed by atoms with Gasteiger partial charge in [0.15, 0.2) is 0 Å². The minimum absolute atomic E-state index is 0.220. The molecule has 1 amide bonds. The van der Waals surface area contributed by atoms with Crippen molar-refractivity contribution in [1.29, 1.82) is 0 Å². The molecular formula is C11H14FN3O3. The molecule has 1 aromatic rings. The third-order valence-corrected chi connectivity index (χ3v) is 2.26. The average Bonchev–Trinajstić information content (AvgIpc) is 2.31. The van der Waals surface area contributed by atoms with Crippen molar-refractivity contribution in [3.05, 3.63) is 34.1 Å². The van der Waals surface area contributed by atoms with E-state index in [1.165, 1.54) is 6.07 Å². The fourth-order valence-corrected chi connectivity index (χ4v) is 1.38. The van der Waals surface area contributed by atoms with Crippen LogP contribution in [0.2, 0.25) is 0 Å². The molecule has 0 heterocycles. The molecule has 0 aliphatic carbocycles. The number of nitrogens with zero attached hydrogens (tertiary/aromatic N) is 1. The van der Waals surface area contributed by atoms with E-state index in [-0.39, 0.29) is 11.6 Å². The predicted octanol–water partition coefficient (Wildman–Crippen LogP) is 1.67. The summed E-state index contributed by atoms with van der Waals surface area (Å²) in [4.78, 5) is 21.1. The third kappa shape index (κ3) is 4.10. The van der Waals surface area contributed by atoms with Crippen LogP contribution in [-0.4, -0.2) is 24.4 Å². The average molecular weight is 255 g/mol. The van der Waals surface area contributed by atoms with Crippen molar-refractivity contribution in [2.45, 2.75) is 12.8 Å². The first-order valence-corrected chi connectivity index (χ1v) is 5.43. The van der Waals surface area contributed by atoms with Crippen molar-refractivity contribution >= 4 is 17.3 Å². The Morgan fingerprint density at radius 3 is 2.83 bits per heavy atom. The lowest BCUT2D eigenvalue weighted by molar-refractivity contribution is -0.387. The van der Waals surface area contributed by atoms with E-state index in [1.807, 2.05) is 0 Å². The first-order chi connectivity index (χ1) is 8.54. The van der Waals surface area contributed by atoms with E-state index in [0.29, 0.717) is 19.4 Å². The van der Waals surface area contributed by atoms with Gasteiger partial charge in [-0.15, -0.1) is 0 Å². The van der Waals surface area contributed by atoms with Crippen LogP contribution in [0.4, 0.5) is 15.8 Å². The van der Waals surface area contributed by atoms with Crippen LogP contribution < -0.4 is 10.6 Å². The van der Waals surface area contributed by atoms with Crippen molar-refractivity contribution in [3.63, 3.8) is 0 Å². The SMILES string of the molecule is CNCCCC(=O)Nc1ccc(F)c([N+](=O)[O-])c1. The summed E-state index contributed by atoms with van der Waals surface area (Å²) in [6, 6.07) is 3.25. The maximum atomic E-state index is 13.0. The molecule has 0 bridgehead atoms. The monoisotopic (exact) mass is 255 g/mol. The molecule has 0 saturated heterocycles. The molecule has 0 unspecified atom stereocenters. The Labute approximate surface area is 103 Å². The number of nitrogens with one attached hydrogen (secondary N) is 2. The number of nitro groups is 1. The van der Waals surface area contributed by atoms with Crippen LogP contribution in [0, 0.1) is 15.9 Å². The molecule has 18 heavy (non-hydrogen) atoms. The van der Waals surface area contributed by atoms with Gasteiger partial charge in [0, 0.05) is 18.2 Å². The van der Waals surface area contributed by atoms with Crippen LogP contribution >= 0.6 is 0 Å². The number of amides is 1. The molecule has 7 heteroatoms. The van der Waals surface area contributed by atoms with Gasteiger partial charge in [0.25, 0.3) is 0 Å². The highest BCUT2D eigenvalue weighted by atomic mass is 19.1. The predicted molar refractivity (Wildman–Crippen MR) is 64.8 cm³/mol. The summed E-state index contributed by atoms with van der Waals surface area (Å²) in [6.07, 6.45) is 0.956. The molecule has 0 fully saturated rings. The number of carbonyl (C=O) groups excluding carboxylic acids is 1. The van der Waals surface area contributed by atoms with Gasteiger partial charge in [0.1, 0.15) is 0 Å². The smallest absolute Gasteiger partial charge is 0.306 e. The number of halogens is 1. The second kappa shape index (κ2) is 6.65. The molecule has 1 aromatic carbocycles. The normalized spacial score (nSPS) is 10.1. The second-order valence-electron chi connectivity index (χ2n) is 3.68. The van der Waals surface area contributed by atoms with Gasteiger partial charge in [-0.3, -0.25) is 14.9 Å². The van der Waals surface area contributed by atoms with E-state index < -0.39 is 16.4 Å². The molecule has 0 aliphatic heterocycles. The highest BCUT2D eigenvalue weighted by Crippen LogP contribution is 2.21. The summed E-state index contributed by atoms with van der Waals surface area (Å²) in [5.41, 5.74) is -0.430. The summed E-state index contributed by atoms with van der Waals surface area (Å²) in [5.74, 6) is -1.18. The topological polar surface area (TPSA) is 84.3 Å². The van der Waals surface area contributed by atoms with E-state index in [9.17, 15) is 19.3 Å². The fourth-order valence-electron chi connectivity index (χ4n) is 1.38. The molecule has 0 atom stereocenters. The lowest BCUT2D eigenvalue weighted by Crippen LogP contribution is -2.15. The number of anilines is 1. The first kappa shape index (κ1) is 14.0. The van der Waals surface area contributed by atoms with Gasteiger partial charge in [-0.05, 0) is 32.1 Å². The minimum Gasteiger partial charge on any atom is -0.326 e. The Balaban J connectivity index is 2.65. The molecule has 0 radical (unpaired) electrons. The Kier molecular flexibility index (Phi) is 5.19. The first-order valence-electron chi connectivity index (χ1n) is 5.43. The summed E-state index contributed by atoms with van der Waals surface area (Å²) in [6.45, 7) is 0.705. The molecule has 0 aromatic heterocycles. The third-order valence-electron chi connectivity index (χ3n) is 2.26. The Morgan fingerprint density at radius 2 is 2.22 bits per heavy atom. The highest BCUT2D eigenvalue weighted by Gasteiger charge is 2.15. The zero-order valence-electron chi connectivity index (χ0n) is 9.90. The number of benzene rings is 1. The number of rotatable bonds is 6. The standard InChI is InChI=1S/C11H14FN3O3/c1-13-6-2-3-11(16)14-8-4-5-9(12)10(7-8)15(17)18/h4-5,7,13H,2-3,6H2,1H3,(H,14,16). The molecule has 6 nitrogen and oxygen atoms in total. The van der Waals surface area contributed by atoms with Gasteiger partial charge < -0.3 is 10.6 Å². The van der Waals surface area contributed by atoms with E-state index in [1.54, 1.807) is 7.05 Å². The van der Waals surface area contributed by atoms with E-state index in [2.05, 4.69) is 10.6 Å². The summed E-state index contributed by atoms with van der Waals surface area (Å²) in [5, 5.41) is 15.9. The maximum Gasteiger partial charge on any atom is 0.306 e. The van der Waals surface area contributed by atoms with E-state index in [4.69, 9.17) is 0 Å². The van der Waals surface area contributed by atoms with Crippen LogP contribution in [0.1, 0.15) is 12.8 Å². The molecule has 98 valence electrons. The van der Waals surface area contributed by atoms with Gasteiger partial charge in [-0.25, -0.2) is 0 Å². The highest BCUT2D eigenvalue weighted by molar-refractivity contribution is 5.91. The van der Waals surface area contributed by atoms with Gasteiger partial charge in [0.2, 0.25) is 11.7 Å². The second-order valence-corrected chi connectivity index (χ2v) is 3.68. The van der Waals surface area contributed by atoms with Crippen molar-refractivity contribution in [2.24, 2.45) is 0 Å². The van der Waals surface area contributed by atoms with Crippen LogP contribution in [-0.2, 0) is 4.79 Å². The maximum absolute atomic E-state index is 13.0. The zero-order chi connectivity index (χ0) is 13.5. The van der Waals surface area contributed by atoms with Crippen molar-refractivity contribution in [2.75, 3.05) is 18.9 Å². The van der Waals surface area contributed by atoms with Crippen LogP contribution in [0.15, 0.2) is 18.2 Å². The van der Waals surface area contributed by atoms with Gasteiger partial charge in [-0.1, -0.05) is 0 Å². The van der Waals surface area contributed by atoms with Gasteiger partial charge >= 0.3 is 5.69 Å². The number of nitro benzene ring substituents is 1. The molecule has 0 spiro atoms. The molecule has 0 saturated carbocycles. The quantitative estimate of drug-likeness (QED) is 0.460. The Hall–Kier alpha value is -2.02. The van der Waals surface area contributed by atoms with Crippen LogP contribution in [0.3, 0.4) is 0 Å². The summed E-state index contributed by atoms with van der Waals surface area (Å²) >= 11 is 0. The molecular weight excluding hydrogens is 241 g/mol. The molecule has 0 aliphatic rings. The fraction of sp³-hybridized carbons (Fsp3) is 0.364. The zero-order valence-corrected chi connectivity index (χ0v) is 9.90. The Bertz CT molecular complexity index is 451. The number of hydrogen-bond donors (Lipinski definition) is 2. The Morgan fingerprint density at radius 1 is 1.50 bits per heavy atom. The van der Waals surface area contributed by atoms with Crippen molar-refractivity contribution in [3.8, 4) is 0 Å². The van der Waals surface area contributed by atoms with Gasteiger partial charge in [-0.2, -0.15) is 4.39 Å². The minimum atomic E-state index is -0.923. The van der Waals surface area contributed by atoms with E-state index >= 15 is 0 Å². The number of carbonyl (C=O) groups is 1. The molecule has 1 rings (SSSR count).